The molecular formula is C20H11NO2. The van der Waals surface area contributed by atoms with E-state index in [1.54, 1.807) is 0 Å². The fourth-order valence-electron chi connectivity index (χ4n) is 3.21. The van der Waals surface area contributed by atoms with Gasteiger partial charge < -0.3 is 4.42 Å². The Balaban J connectivity index is 1.84. The molecule has 0 fully saturated rings. The molecule has 0 atom stereocenters. The second-order valence-electron chi connectivity index (χ2n) is 5.60. The molecule has 3 aromatic carbocycles. The standard InChI is InChI=1S/C20H11NO2/c22-18-14-10-4-8-12-9-5-11-15(16(12)14)19-17(18)21-20(23-19)13-6-2-1-3-7-13/h1-11H. The van der Waals surface area contributed by atoms with Crippen molar-refractivity contribution in [2.24, 2.45) is 0 Å². The van der Waals surface area contributed by atoms with Crippen molar-refractivity contribution in [1.82, 2.24) is 4.98 Å². The zero-order chi connectivity index (χ0) is 15.4. The van der Waals surface area contributed by atoms with Crippen LogP contribution in [0.1, 0.15) is 16.1 Å². The summed E-state index contributed by atoms with van der Waals surface area (Å²) >= 11 is 0. The zero-order valence-electron chi connectivity index (χ0n) is 12.1. The molecule has 0 saturated heterocycles. The second-order valence-corrected chi connectivity index (χ2v) is 5.60. The van der Waals surface area contributed by atoms with Crippen molar-refractivity contribution >= 4 is 16.6 Å². The number of fused-ring (bicyclic) bond motifs is 2. The lowest BCUT2D eigenvalue weighted by Gasteiger charge is -2.14. The SMILES string of the molecule is O=C1c2nc(-c3ccccc3)oc2-c2cccc3cccc1c23. The number of ketones is 1. The number of carbonyl (C=O) groups excluding carboxylic acids is 1. The summed E-state index contributed by atoms with van der Waals surface area (Å²) in [6.07, 6.45) is 0. The number of nitrogens with zero attached hydrogens (tertiary/aromatic N) is 1. The van der Waals surface area contributed by atoms with E-state index in [9.17, 15) is 4.79 Å². The number of oxazole rings is 1. The first-order chi connectivity index (χ1) is 11.3. The molecule has 0 unspecified atom stereocenters. The van der Waals surface area contributed by atoms with Crippen molar-refractivity contribution < 1.29 is 9.21 Å². The summed E-state index contributed by atoms with van der Waals surface area (Å²) in [6.45, 7) is 0. The van der Waals surface area contributed by atoms with Crippen molar-refractivity contribution in [2.75, 3.05) is 0 Å². The molecule has 23 heavy (non-hydrogen) atoms. The van der Waals surface area contributed by atoms with Crippen LogP contribution in [0.3, 0.4) is 0 Å². The lowest BCUT2D eigenvalue weighted by molar-refractivity contribution is 0.103. The Bertz CT molecular complexity index is 1070. The van der Waals surface area contributed by atoms with Gasteiger partial charge in [-0.3, -0.25) is 4.79 Å². The van der Waals surface area contributed by atoms with Gasteiger partial charge in [-0.15, -0.1) is 0 Å². The van der Waals surface area contributed by atoms with E-state index >= 15 is 0 Å². The first kappa shape index (κ1) is 12.4. The van der Waals surface area contributed by atoms with E-state index in [1.807, 2.05) is 66.7 Å². The number of hydrogen-bond donors (Lipinski definition) is 0. The first-order valence-electron chi connectivity index (χ1n) is 7.46. The molecule has 1 aromatic heterocycles. The van der Waals surface area contributed by atoms with Crippen molar-refractivity contribution in [2.45, 2.75) is 0 Å². The Labute approximate surface area is 132 Å². The molecule has 0 saturated carbocycles. The lowest BCUT2D eigenvalue weighted by atomic mass is 9.89. The molecule has 0 spiro atoms. The second kappa shape index (κ2) is 4.40. The molecule has 3 heteroatoms. The number of rotatable bonds is 1. The highest BCUT2D eigenvalue weighted by Crippen LogP contribution is 2.40. The highest BCUT2D eigenvalue weighted by molar-refractivity contribution is 6.24. The molecule has 3 nitrogen and oxygen atoms in total. The Morgan fingerprint density at radius 3 is 2.30 bits per heavy atom. The number of benzene rings is 3. The minimum Gasteiger partial charge on any atom is -0.435 e. The van der Waals surface area contributed by atoms with Crippen molar-refractivity contribution in [3.63, 3.8) is 0 Å². The number of aromatic nitrogens is 1. The first-order valence-corrected chi connectivity index (χ1v) is 7.46. The smallest absolute Gasteiger partial charge is 0.227 e. The molecule has 4 aromatic rings. The summed E-state index contributed by atoms with van der Waals surface area (Å²) in [6, 6.07) is 21.4. The molecule has 1 aliphatic carbocycles. The summed E-state index contributed by atoms with van der Waals surface area (Å²) in [5.74, 6) is 0.974. The fourth-order valence-corrected chi connectivity index (χ4v) is 3.21. The molecule has 5 rings (SSSR count). The van der Waals surface area contributed by atoms with Gasteiger partial charge in [0, 0.05) is 22.1 Å². The fraction of sp³-hybridized carbons (Fsp3) is 0. The van der Waals surface area contributed by atoms with E-state index in [4.69, 9.17) is 4.42 Å². The third kappa shape index (κ3) is 1.64. The maximum absolute atomic E-state index is 12.8. The molecule has 0 bridgehead atoms. The van der Waals surface area contributed by atoms with Crippen molar-refractivity contribution in [3.8, 4) is 22.8 Å². The molecule has 0 aliphatic heterocycles. The van der Waals surface area contributed by atoms with Crippen LogP contribution < -0.4 is 0 Å². The van der Waals surface area contributed by atoms with E-state index in [-0.39, 0.29) is 5.78 Å². The number of carbonyl (C=O) groups is 1. The lowest BCUT2D eigenvalue weighted by Crippen LogP contribution is -2.09. The summed E-state index contributed by atoms with van der Waals surface area (Å²) in [4.78, 5) is 17.3. The highest BCUT2D eigenvalue weighted by atomic mass is 16.4. The molecular weight excluding hydrogens is 286 g/mol. The van der Waals surface area contributed by atoms with Gasteiger partial charge in [0.2, 0.25) is 11.7 Å². The maximum atomic E-state index is 12.8. The molecule has 0 radical (unpaired) electrons. The predicted molar refractivity (Wildman–Crippen MR) is 88.3 cm³/mol. The van der Waals surface area contributed by atoms with Crippen molar-refractivity contribution in [1.29, 1.82) is 0 Å². The quantitative estimate of drug-likeness (QED) is 0.450. The number of hydrogen-bond acceptors (Lipinski definition) is 3. The summed E-state index contributed by atoms with van der Waals surface area (Å²) < 4.78 is 5.98. The van der Waals surface area contributed by atoms with Gasteiger partial charge in [-0.1, -0.05) is 54.6 Å². The largest absolute Gasteiger partial charge is 0.435 e. The molecule has 0 N–H and O–H groups in total. The average molecular weight is 297 g/mol. The summed E-state index contributed by atoms with van der Waals surface area (Å²) in [5.41, 5.74) is 2.89. The van der Waals surface area contributed by atoms with Gasteiger partial charge in [0.05, 0.1) is 0 Å². The van der Waals surface area contributed by atoms with Gasteiger partial charge in [0.25, 0.3) is 0 Å². The van der Waals surface area contributed by atoms with Crippen LogP contribution in [0.25, 0.3) is 33.6 Å². The van der Waals surface area contributed by atoms with Gasteiger partial charge in [0.15, 0.2) is 11.5 Å². The van der Waals surface area contributed by atoms with Gasteiger partial charge in [-0.2, -0.15) is 0 Å². The average Bonchev–Trinajstić information content (AvgIpc) is 3.06. The minimum atomic E-state index is -0.0739. The Morgan fingerprint density at radius 1 is 0.783 bits per heavy atom. The van der Waals surface area contributed by atoms with E-state index in [2.05, 4.69) is 4.98 Å². The molecule has 1 aliphatic rings. The molecule has 1 heterocycles. The van der Waals surface area contributed by atoms with Gasteiger partial charge >= 0.3 is 0 Å². The van der Waals surface area contributed by atoms with Gasteiger partial charge in [-0.25, -0.2) is 4.98 Å². The van der Waals surface area contributed by atoms with Crippen LogP contribution in [0.4, 0.5) is 0 Å². The predicted octanol–water partition coefficient (Wildman–Crippen LogP) is 4.71. The monoisotopic (exact) mass is 297 g/mol. The third-order valence-corrected chi connectivity index (χ3v) is 4.26. The highest BCUT2D eigenvalue weighted by Gasteiger charge is 2.30. The topological polar surface area (TPSA) is 43.1 Å². The van der Waals surface area contributed by atoms with Crippen LogP contribution in [0.15, 0.2) is 71.1 Å². The van der Waals surface area contributed by atoms with Crippen LogP contribution in [-0.2, 0) is 0 Å². The van der Waals surface area contributed by atoms with Gasteiger partial charge in [0.1, 0.15) is 0 Å². The van der Waals surface area contributed by atoms with Crippen molar-refractivity contribution in [3.05, 3.63) is 78.0 Å². The van der Waals surface area contributed by atoms with Crippen LogP contribution in [0.2, 0.25) is 0 Å². The normalized spacial score (nSPS) is 12.4. The Morgan fingerprint density at radius 2 is 1.52 bits per heavy atom. The Kier molecular flexibility index (Phi) is 2.36. The van der Waals surface area contributed by atoms with E-state index in [1.165, 1.54) is 0 Å². The molecule has 0 amide bonds. The summed E-state index contributed by atoms with van der Waals surface area (Å²) in [5, 5.41) is 1.99. The molecule has 108 valence electrons. The van der Waals surface area contributed by atoms with E-state index in [0.717, 1.165) is 21.9 Å². The van der Waals surface area contributed by atoms with Gasteiger partial charge in [-0.05, 0) is 17.5 Å². The Hall–Kier alpha value is -3.20. The van der Waals surface area contributed by atoms with Crippen LogP contribution in [0, 0.1) is 0 Å². The maximum Gasteiger partial charge on any atom is 0.227 e. The summed E-state index contributed by atoms with van der Waals surface area (Å²) in [7, 11) is 0. The zero-order valence-corrected chi connectivity index (χ0v) is 12.1. The van der Waals surface area contributed by atoms with Crippen LogP contribution in [0.5, 0.6) is 0 Å². The van der Waals surface area contributed by atoms with E-state index in [0.29, 0.717) is 22.9 Å². The third-order valence-electron chi connectivity index (χ3n) is 4.26. The van der Waals surface area contributed by atoms with Crippen LogP contribution in [-0.4, -0.2) is 10.8 Å². The minimum absolute atomic E-state index is 0.0739. The van der Waals surface area contributed by atoms with Crippen LogP contribution >= 0.6 is 0 Å². The van der Waals surface area contributed by atoms with E-state index < -0.39 is 0 Å².